The lowest BCUT2D eigenvalue weighted by molar-refractivity contribution is -0.147. The summed E-state index contributed by atoms with van der Waals surface area (Å²) >= 11 is 0. The van der Waals surface area contributed by atoms with Gasteiger partial charge in [-0.1, -0.05) is 55.3 Å². The molecule has 1 aliphatic rings. The Labute approximate surface area is 121 Å². The molecule has 0 amide bonds. The van der Waals surface area contributed by atoms with Crippen molar-refractivity contribution in [3.05, 3.63) is 47.0 Å². The van der Waals surface area contributed by atoms with Crippen molar-refractivity contribution in [1.82, 2.24) is 0 Å². The molecular weight excluding hydrogens is 248 g/mol. The number of carbonyl (C=O) groups excluding carboxylic acids is 1. The maximum Gasteiger partial charge on any atom is 0.310 e. The lowest BCUT2D eigenvalue weighted by Gasteiger charge is -2.06. The van der Waals surface area contributed by atoms with Crippen LogP contribution in [0, 0.1) is 24.2 Å². The molecule has 2 atom stereocenters. The number of benzene rings is 1. The molecule has 20 heavy (non-hydrogen) atoms. The Bertz CT molecular complexity index is 519. The van der Waals surface area contributed by atoms with Crippen LogP contribution in [0.25, 0.3) is 0 Å². The molecular formula is C18H24O2. The van der Waals surface area contributed by atoms with E-state index in [0.29, 0.717) is 12.5 Å². The quantitative estimate of drug-likeness (QED) is 0.604. The predicted octanol–water partition coefficient (Wildman–Crippen LogP) is 4.28. The van der Waals surface area contributed by atoms with Gasteiger partial charge >= 0.3 is 5.97 Å². The summed E-state index contributed by atoms with van der Waals surface area (Å²) in [6.07, 6.45) is 2.19. The molecule has 1 fully saturated rings. The molecule has 0 N–H and O–H groups in total. The highest BCUT2D eigenvalue weighted by Gasteiger charge is 2.61. The van der Waals surface area contributed by atoms with Gasteiger partial charge in [-0.15, -0.1) is 0 Å². The monoisotopic (exact) mass is 272 g/mol. The molecule has 1 saturated carbocycles. The minimum Gasteiger partial charge on any atom is -0.461 e. The number of allylic oxidation sites excluding steroid dienone is 2. The van der Waals surface area contributed by atoms with Gasteiger partial charge in [0.25, 0.3) is 0 Å². The molecule has 0 aliphatic heterocycles. The second-order valence-corrected chi connectivity index (χ2v) is 6.66. The molecule has 2 heteroatoms. The number of hydrogen-bond donors (Lipinski definition) is 0. The second-order valence-electron chi connectivity index (χ2n) is 6.66. The Morgan fingerprint density at radius 2 is 1.85 bits per heavy atom. The minimum absolute atomic E-state index is 0.00264. The fraction of sp³-hybridized carbons (Fsp3) is 0.500. The molecule has 2 rings (SSSR count). The predicted molar refractivity (Wildman–Crippen MR) is 81.2 cm³/mol. The van der Waals surface area contributed by atoms with Gasteiger partial charge in [-0.3, -0.25) is 4.79 Å². The molecule has 2 unspecified atom stereocenters. The van der Waals surface area contributed by atoms with Gasteiger partial charge in [-0.05, 0) is 37.7 Å². The molecule has 108 valence electrons. The van der Waals surface area contributed by atoms with Crippen molar-refractivity contribution in [1.29, 1.82) is 0 Å². The van der Waals surface area contributed by atoms with E-state index in [4.69, 9.17) is 4.74 Å². The standard InChI is InChI=1S/C18H24O2/c1-12(2)10-15-16(18(15,4)5)17(19)20-11-14-8-6-13(3)7-9-14/h6-10,15-16H,11H2,1-5H3. The number of aryl methyl sites for hydroxylation is 1. The molecule has 0 bridgehead atoms. The molecule has 0 saturated heterocycles. The first-order chi connectivity index (χ1) is 9.32. The SMILES string of the molecule is CC(C)=CC1C(C(=O)OCc2ccc(C)cc2)C1(C)C. The zero-order valence-corrected chi connectivity index (χ0v) is 13.1. The summed E-state index contributed by atoms with van der Waals surface area (Å²) in [4.78, 5) is 12.2. The maximum absolute atomic E-state index is 12.2. The van der Waals surface area contributed by atoms with Gasteiger partial charge in [0.15, 0.2) is 0 Å². The van der Waals surface area contributed by atoms with Crippen molar-refractivity contribution in [2.75, 3.05) is 0 Å². The van der Waals surface area contributed by atoms with Crippen LogP contribution in [0.4, 0.5) is 0 Å². The molecule has 0 radical (unpaired) electrons. The first-order valence-electron chi connectivity index (χ1n) is 7.19. The summed E-state index contributed by atoms with van der Waals surface area (Å²) in [6.45, 7) is 10.8. The van der Waals surface area contributed by atoms with Crippen molar-refractivity contribution in [2.24, 2.45) is 17.3 Å². The smallest absolute Gasteiger partial charge is 0.310 e. The summed E-state index contributed by atoms with van der Waals surface area (Å²) in [6, 6.07) is 8.09. The third-order valence-corrected chi connectivity index (χ3v) is 4.18. The van der Waals surface area contributed by atoms with Crippen LogP contribution in [0.15, 0.2) is 35.9 Å². The highest BCUT2D eigenvalue weighted by atomic mass is 16.5. The topological polar surface area (TPSA) is 26.3 Å². The van der Waals surface area contributed by atoms with Crippen LogP contribution in [0.5, 0.6) is 0 Å². The zero-order chi connectivity index (χ0) is 14.9. The Morgan fingerprint density at radius 3 is 2.40 bits per heavy atom. The van der Waals surface area contributed by atoms with Gasteiger partial charge in [0.1, 0.15) is 6.61 Å². The highest BCUT2D eigenvalue weighted by Crippen LogP contribution is 2.59. The molecule has 1 aromatic carbocycles. The number of ether oxygens (including phenoxy) is 1. The van der Waals surface area contributed by atoms with E-state index < -0.39 is 0 Å². The molecule has 0 aromatic heterocycles. The van der Waals surface area contributed by atoms with E-state index in [2.05, 4.69) is 33.8 Å². The Hall–Kier alpha value is -1.57. The Kier molecular flexibility index (Phi) is 4.03. The number of esters is 1. The second kappa shape index (κ2) is 5.43. The van der Waals surface area contributed by atoms with Crippen molar-refractivity contribution in [2.45, 2.75) is 41.2 Å². The van der Waals surface area contributed by atoms with Crippen LogP contribution in [0.3, 0.4) is 0 Å². The highest BCUT2D eigenvalue weighted by molar-refractivity contribution is 5.78. The molecule has 1 aromatic rings. The summed E-state index contributed by atoms with van der Waals surface area (Å²) in [5, 5.41) is 0. The van der Waals surface area contributed by atoms with E-state index >= 15 is 0 Å². The van der Waals surface area contributed by atoms with Crippen molar-refractivity contribution < 1.29 is 9.53 Å². The summed E-state index contributed by atoms with van der Waals surface area (Å²) in [5.41, 5.74) is 3.55. The van der Waals surface area contributed by atoms with Crippen molar-refractivity contribution >= 4 is 5.97 Å². The van der Waals surface area contributed by atoms with E-state index in [-0.39, 0.29) is 17.3 Å². The Morgan fingerprint density at radius 1 is 1.25 bits per heavy atom. The largest absolute Gasteiger partial charge is 0.461 e. The maximum atomic E-state index is 12.2. The Balaban J connectivity index is 1.93. The average Bonchev–Trinajstić information content (AvgIpc) is 2.89. The van der Waals surface area contributed by atoms with Crippen LogP contribution in [0.2, 0.25) is 0 Å². The number of carbonyl (C=O) groups is 1. The zero-order valence-electron chi connectivity index (χ0n) is 13.1. The third-order valence-electron chi connectivity index (χ3n) is 4.18. The van der Waals surface area contributed by atoms with Gasteiger partial charge < -0.3 is 4.74 Å². The van der Waals surface area contributed by atoms with E-state index in [1.54, 1.807) is 0 Å². The van der Waals surface area contributed by atoms with Crippen molar-refractivity contribution in [3.63, 3.8) is 0 Å². The van der Waals surface area contributed by atoms with Crippen LogP contribution in [-0.2, 0) is 16.1 Å². The minimum atomic E-state index is -0.0712. The molecule has 1 aliphatic carbocycles. The normalized spacial score (nSPS) is 23.1. The van der Waals surface area contributed by atoms with Gasteiger partial charge in [0, 0.05) is 0 Å². The molecule has 2 nitrogen and oxygen atoms in total. The van der Waals surface area contributed by atoms with Gasteiger partial charge in [-0.25, -0.2) is 0 Å². The summed E-state index contributed by atoms with van der Waals surface area (Å²) in [5.74, 6) is 0.249. The molecule has 0 spiro atoms. The number of hydrogen-bond acceptors (Lipinski definition) is 2. The van der Waals surface area contributed by atoms with Crippen LogP contribution >= 0.6 is 0 Å². The lowest BCUT2D eigenvalue weighted by atomic mass is 10.1. The van der Waals surface area contributed by atoms with Gasteiger partial charge in [0.05, 0.1) is 5.92 Å². The third kappa shape index (κ3) is 3.12. The summed E-state index contributed by atoms with van der Waals surface area (Å²) in [7, 11) is 0. The first-order valence-corrected chi connectivity index (χ1v) is 7.19. The fourth-order valence-electron chi connectivity index (χ4n) is 2.73. The summed E-state index contributed by atoms with van der Waals surface area (Å²) < 4.78 is 5.47. The van der Waals surface area contributed by atoms with E-state index in [9.17, 15) is 4.79 Å². The molecule has 0 heterocycles. The number of rotatable bonds is 4. The van der Waals surface area contributed by atoms with Crippen LogP contribution in [0.1, 0.15) is 38.8 Å². The average molecular weight is 272 g/mol. The van der Waals surface area contributed by atoms with Crippen LogP contribution < -0.4 is 0 Å². The first kappa shape index (κ1) is 14.8. The lowest BCUT2D eigenvalue weighted by Crippen LogP contribution is -2.10. The van der Waals surface area contributed by atoms with Crippen LogP contribution in [-0.4, -0.2) is 5.97 Å². The van der Waals surface area contributed by atoms with Gasteiger partial charge in [-0.2, -0.15) is 0 Å². The van der Waals surface area contributed by atoms with E-state index in [1.807, 2.05) is 31.2 Å². The fourth-order valence-corrected chi connectivity index (χ4v) is 2.73. The van der Waals surface area contributed by atoms with E-state index in [0.717, 1.165) is 5.56 Å². The van der Waals surface area contributed by atoms with E-state index in [1.165, 1.54) is 11.1 Å². The van der Waals surface area contributed by atoms with Gasteiger partial charge in [0.2, 0.25) is 0 Å². The van der Waals surface area contributed by atoms with Crippen molar-refractivity contribution in [3.8, 4) is 0 Å².